The number of allylic oxidation sites excluding steroid dienone is 1. The number of carbonyl (C=O) groups is 1. The van der Waals surface area contributed by atoms with Crippen LogP contribution < -0.4 is 0 Å². The molecule has 0 aromatic rings. The third-order valence-electron chi connectivity index (χ3n) is 3.80. The van der Waals surface area contributed by atoms with Crippen LogP contribution in [0.25, 0.3) is 0 Å². The Hall–Kier alpha value is -0.630. The van der Waals surface area contributed by atoms with E-state index in [1.54, 1.807) is 0 Å². The zero-order valence-electron chi connectivity index (χ0n) is 14.0. The van der Waals surface area contributed by atoms with Crippen LogP contribution in [-0.4, -0.2) is 17.0 Å². The van der Waals surface area contributed by atoms with Gasteiger partial charge < -0.3 is 5.11 Å². The molecule has 118 valence electrons. The number of Topliss-reactive ketones (excluding diaryl/α,β-unsaturated/α-hetero) is 1. The van der Waals surface area contributed by atoms with Gasteiger partial charge in [0.05, 0.1) is 6.10 Å². The fourth-order valence-corrected chi connectivity index (χ4v) is 2.51. The lowest BCUT2D eigenvalue weighted by Crippen LogP contribution is -2.29. The molecule has 2 atom stereocenters. The van der Waals surface area contributed by atoms with Crippen molar-refractivity contribution in [2.75, 3.05) is 0 Å². The second-order valence-corrected chi connectivity index (χ2v) is 6.92. The summed E-state index contributed by atoms with van der Waals surface area (Å²) in [4.78, 5) is 12.3. The smallest absolute Gasteiger partial charge is 0.141 e. The summed E-state index contributed by atoms with van der Waals surface area (Å²) in [5.41, 5.74) is -0.306. The summed E-state index contributed by atoms with van der Waals surface area (Å²) >= 11 is 0. The molecular weight excluding hydrogens is 248 g/mol. The number of ketones is 1. The van der Waals surface area contributed by atoms with E-state index in [1.807, 2.05) is 26.8 Å². The fraction of sp³-hybridized carbons (Fsp3) is 0.833. The van der Waals surface area contributed by atoms with E-state index in [1.165, 1.54) is 19.3 Å². The summed E-state index contributed by atoms with van der Waals surface area (Å²) in [6, 6.07) is 0. The molecule has 0 aliphatic heterocycles. The van der Waals surface area contributed by atoms with E-state index >= 15 is 0 Å². The van der Waals surface area contributed by atoms with Crippen molar-refractivity contribution >= 4 is 5.78 Å². The lowest BCUT2D eigenvalue weighted by atomic mass is 9.79. The molecule has 2 heteroatoms. The largest absolute Gasteiger partial charge is 0.393 e. The van der Waals surface area contributed by atoms with E-state index in [4.69, 9.17) is 0 Å². The molecule has 0 amide bonds. The van der Waals surface area contributed by atoms with Gasteiger partial charge in [-0.15, -0.1) is 6.58 Å². The van der Waals surface area contributed by atoms with Gasteiger partial charge in [0.15, 0.2) is 0 Å². The maximum atomic E-state index is 12.3. The van der Waals surface area contributed by atoms with Gasteiger partial charge >= 0.3 is 0 Å². The van der Waals surface area contributed by atoms with Crippen LogP contribution in [0.1, 0.15) is 79.1 Å². The molecule has 2 unspecified atom stereocenters. The van der Waals surface area contributed by atoms with Crippen molar-refractivity contribution in [1.82, 2.24) is 0 Å². The van der Waals surface area contributed by atoms with Gasteiger partial charge in [0.2, 0.25) is 0 Å². The zero-order valence-corrected chi connectivity index (χ0v) is 14.0. The van der Waals surface area contributed by atoms with Gasteiger partial charge in [0.1, 0.15) is 5.78 Å². The summed E-state index contributed by atoms with van der Waals surface area (Å²) in [5.74, 6) is 0.299. The van der Waals surface area contributed by atoms with Crippen molar-refractivity contribution < 1.29 is 9.90 Å². The average Bonchev–Trinajstić information content (AvgIpc) is 2.37. The molecule has 0 bridgehead atoms. The van der Waals surface area contributed by atoms with E-state index < -0.39 is 0 Å². The Bertz CT molecular complexity index is 276. The van der Waals surface area contributed by atoms with Crippen molar-refractivity contribution in [2.24, 2.45) is 11.3 Å². The molecule has 0 aromatic heterocycles. The first-order chi connectivity index (χ1) is 9.32. The number of aliphatic hydroxyl groups is 1. The van der Waals surface area contributed by atoms with Crippen molar-refractivity contribution in [3.63, 3.8) is 0 Å². The Morgan fingerprint density at radius 2 is 1.80 bits per heavy atom. The Labute approximate surface area is 125 Å². The number of rotatable bonds is 11. The molecular formula is C18H34O2. The molecule has 0 aliphatic carbocycles. The summed E-state index contributed by atoms with van der Waals surface area (Å²) in [7, 11) is 0. The third kappa shape index (κ3) is 8.52. The number of unbranched alkanes of at least 4 members (excludes halogenated alkanes) is 3. The van der Waals surface area contributed by atoms with E-state index in [0.717, 1.165) is 32.1 Å². The van der Waals surface area contributed by atoms with Crippen LogP contribution in [0.3, 0.4) is 0 Å². The molecule has 0 spiro atoms. The first-order valence-electron chi connectivity index (χ1n) is 8.16. The van der Waals surface area contributed by atoms with Crippen LogP contribution in [0, 0.1) is 11.3 Å². The first kappa shape index (κ1) is 19.4. The van der Waals surface area contributed by atoms with Crippen LogP contribution in [0.2, 0.25) is 0 Å². The van der Waals surface area contributed by atoms with E-state index in [2.05, 4.69) is 13.5 Å². The molecule has 2 nitrogen and oxygen atoms in total. The lowest BCUT2D eigenvalue weighted by Gasteiger charge is -2.24. The Morgan fingerprint density at radius 1 is 1.15 bits per heavy atom. The Kier molecular flexibility index (Phi) is 9.83. The predicted molar refractivity (Wildman–Crippen MR) is 86.8 cm³/mol. The summed E-state index contributed by atoms with van der Waals surface area (Å²) in [5, 5.41) is 10.0. The molecule has 0 saturated heterocycles. The Morgan fingerprint density at radius 3 is 2.30 bits per heavy atom. The van der Waals surface area contributed by atoms with Gasteiger partial charge in [-0.2, -0.15) is 0 Å². The van der Waals surface area contributed by atoms with Gasteiger partial charge in [0, 0.05) is 11.3 Å². The minimum Gasteiger partial charge on any atom is -0.393 e. The monoisotopic (exact) mass is 282 g/mol. The van der Waals surface area contributed by atoms with Crippen molar-refractivity contribution in [3.05, 3.63) is 12.7 Å². The second kappa shape index (κ2) is 10.1. The highest BCUT2D eigenvalue weighted by Crippen LogP contribution is 2.26. The van der Waals surface area contributed by atoms with Gasteiger partial charge in [-0.3, -0.25) is 4.79 Å². The Balaban J connectivity index is 4.14. The van der Waals surface area contributed by atoms with Crippen LogP contribution in [0.5, 0.6) is 0 Å². The zero-order chi connectivity index (χ0) is 15.6. The summed E-state index contributed by atoms with van der Waals surface area (Å²) in [6.07, 6.45) is 9.41. The molecule has 0 aliphatic rings. The highest BCUT2D eigenvalue weighted by molar-refractivity contribution is 5.86. The SMILES string of the molecule is C=CCC(CCC(O)CCCCCC)C(=O)C(C)(C)C. The highest BCUT2D eigenvalue weighted by Gasteiger charge is 2.28. The normalized spacial score (nSPS) is 14.8. The van der Waals surface area contributed by atoms with Gasteiger partial charge in [-0.1, -0.05) is 59.5 Å². The molecule has 1 N–H and O–H groups in total. The molecule has 0 saturated carbocycles. The lowest BCUT2D eigenvalue weighted by molar-refractivity contribution is -0.130. The fourth-order valence-electron chi connectivity index (χ4n) is 2.51. The second-order valence-electron chi connectivity index (χ2n) is 6.92. The van der Waals surface area contributed by atoms with Crippen LogP contribution >= 0.6 is 0 Å². The van der Waals surface area contributed by atoms with E-state index in [-0.39, 0.29) is 23.2 Å². The topological polar surface area (TPSA) is 37.3 Å². The maximum Gasteiger partial charge on any atom is 0.141 e. The van der Waals surface area contributed by atoms with Crippen LogP contribution in [-0.2, 0) is 4.79 Å². The van der Waals surface area contributed by atoms with E-state index in [9.17, 15) is 9.90 Å². The summed E-state index contributed by atoms with van der Waals surface area (Å²) < 4.78 is 0. The maximum absolute atomic E-state index is 12.3. The average molecular weight is 282 g/mol. The minimum absolute atomic E-state index is 0.0118. The first-order valence-corrected chi connectivity index (χ1v) is 8.16. The molecule has 0 rings (SSSR count). The van der Waals surface area contributed by atoms with Crippen molar-refractivity contribution in [1.29, 1.82) is 0 Å². The quantitative estimate of drug-likeness (QED) is 0.432. The van der Waals surface area contributed by atoms with E-state index in [0.29, 0.717) is 0 Å². The van der Waals surface area contributed by atoms with Crippen molar-refractivity contribution in [2.45, 2.75) is 85.2 Å². The number of hydrogen-bond donors (Lipinski definition) is 1. The molecule has 20 heavy (non-hydrogen) atoms. The molecule has 0 aromatic carbocycles. The van der Waals surface area contributed by atoms with Crippen molar-refractivity contribution in [3.8, 4) is 0 Å². The predicted octanol–water partition coefficient (Wildman–Crippen LogP) is 4.91. The molecule has 0 radical (unpaired) electrons. The molecule has 0 fully saturated rings. The summed E-state index contributed by atoms with van der Waals surface area (Å²) in [6.45, 7) is 11.8. The van der Waals surface area contributed by atoms with Gasteiger partial charge in [0.25, 0.3) is 0 Å². The standard InChI is InChI=1S/C18H34O2/c1-6-8-9-10-12-16(19)14-13-15(11-7-2)17(20)18(3,4)5/h7,15-16,19H,2,6,8-14H2,1,3-5H3. The molecule has 0 heterocycles. The highest BCUT2D eigenvalue weighted by atomic mass is 16.3. The van der Waals surface area contributed by atoms with Gasteiger partial charge in [-0.05, 0) is 25.7 Å². The third-order valence-corrected chi connectivity index (χ3v) is 3.80. The number of carbonyl (C=O) groups excluding carboxylic acids is 1. The number of aliphatic hydroxyl groups excluding tert-OH is 1. The van der Waals surface area contributed by atoms with Gasteiger partial charge in [-0.25, -0.2) is 0 Å². The minimum atomic E-state index is -0.306. The number of hydrogen-bond acceptors (Lipinski definition) is 2. The van der Waals surface area contributed by atoms with Crippen LogP contribution in [0.4, 0.5) is 0 Å². The van der Waals surface area contributed by atoms with Crippen LogP contribution in [0.15, 0.2) is 12.7 Å².